The maximum Gasteiger partial charge on any atom is 0.335 e. The Morgan fingerprint density at radius 2 is 1.34 bits per heavy atom. The summed E-state index contributed by atoms with van der Waals surface area (Å²) in [7, 11) is 0. The van der Waals surface area contributed by atoms with E-state index in [2.05, 4.69) is 13.8 Å². The lowest BCUT2D eigenvalue weighted by Crippen LogP contribution is -2.14. The van der Waals surface area contributed by atoms with Crippen LogP contribution in [0.2, 0.25) is 0 Å². The number of carboxylic acids is 1. The summed E-state index contributed by atoms with van der Waals surface area (Å²) < 4.78 is 11.4. The van der Waals surface area contributed by atoms with Crippen LogP contribution in [0.5, 0.6) is 5.75 Å². The Bertz CT molecular complexity index is 512. The molecule has 1 aromatic carbocycles. The number of hydrogen-bond donors (Lipinski definition) is 1. The van der Waals surface area contributed by atoms with Crippen LogP contribution in [0.25, 0.3) is 0 Å². The first-order chi connectivity index (χ1) is 14.1. The molecule has 0 fully saturated rings. The Hall–Kier alpha value is -1.55. The van der Waals surface area contributed by atoms with E-state index >= 15 is 0 Å². The van der Waals surface area contributed by atoms with E-state index in [-0.39, 0.29) is 11.7 Å². The average Bonchev–Trinajstić information content (AvgIpc) is 2.72. The van der Waals surface area contributed by atoms with E-state index in [1.165, 1.54) is 77.0 Å². The van der Waals surface area contributed by atoms with Gasteiger partial charge >= 0.3 is 5.97 Å². The standard InChI is InChI=1S/C25H42O4/c1-3-4-5-6-7-8-9-10-11-12-13-14-15-22(2)28-20-21-29-24-18-16-23(17-19-24)25(26)27/h16-19,22H,3-15,20-21H2,1-2H3,(H,26,27). The molecule has 1 rings (SSSR count). The van der Waals surface area contributed by atoms with Gasteiger partial charge in [0, 0.05) is 0 Å². The number of carbonyl (C=O) groups is 1. The van der Waals surface area contributed by atoms with Crippen molar-refractivity contribution in [2.24, 2.45) is 0 Å². The fourth-order valence-corrected chi connectivity index (χ4v) is 3.46. The highest BCUT2D eigenvalue weighted by molar-refractivity contribution is 5.87. The molecule has 0 spiro atoms. The second-order valence-corrected chi connectivity index (χ2v) is 8.04. The maximum atomic E-state index is 10.8. The van der Waals surface area contributed by atoms with Crippen LogP contribution in [0.3, 0.4) is 0 Å². The van der Waals surface area contributed by atoms with E-state index in [0.29, 0.717) is 19.0 Å². The Balaban J connectivity index is 1.88. The smallest absolute Gasteiger partial charge is 0.335 e. The Morgan fingerprint density at radius 3 is 1.86 bits per heavy atom. The number of benzene rings is 1. The second-order valence-electron chi connectivity index (χ2n) is 8.04. The van der Waals surface area contributed by atoms with Crippen LogP contribution in [-0.2, 0) is 4.74 Å². The van der Waals surface area contributed by atoms with Gasteiger partial charge in [-0.1, -0.05) is 84.0 Å². The SMILES string of the molecule is CCCCCCCCCCCCCCC(C)OCCOc1ccc(C(=O)O)cc1. The predicted octanol–water partition coefficient (Wildman–Crippen LogP) is 7.26. The molecule has 0 heterocycles. The van der Waals surface area contributed by atoms with Gasteiger partial charge in [0.15, 0.2) is 0 Å². The lowest BCUT2D eigenvalue weighted by atomic mass is 10.0. The summed E-state index contributed by atoms with van der Waals surface area (Å²) in [5, 5.41) is 8.88. The Kier molecular flexibility index (Phi) is 15.2. The van der Waals surface area contributed by atoms with Crippen LogP contribution in [0.1, 0.15) is 108 Å². The van der Waals surface area contributed by atoms with Crippen molar-refractivity contribution in [3.63, 3.8) is 0 Å². The van der Waals surface area contributed by atoms with Crippen LogP contribution in [0, 0.1) is 0 Å². The summed E-state index contributed by atoms with van der Waals surface area (Å²) in [6, 6.07) is 6.46. The zero-order valence-corrected chi connectivity index (χ0v) is 18.7. The zero-order valence-electron chi connectivity index (χ0n) is 18.7. The molecule has 1 aromatic rings. The minimum atomic E-state index is -0.925. The van der Waals surface area contributed by atoms with Gasteiger partial charge in [-0.25, -0.2) is 4.79 Å². The number of rotatable bonds is 19. The molecule has 1 N–H and O–H groups in total. The molecule has 1 atom stereocenters. The fraction of sp³-hybridized carbons (Fsp3) is 0.720. The number of hydrogen-bond acceptors (Lipinski definition) is 3. The van der Waals surface area contributed by atoms with Gasteiger partial charge < -0.3 is 14.6 Å². The molecule has 4 heteroatoms. The van der Waals surface area contributed by atoms with Crippen LogP contribution in [-0.4, -0.2) is 30.4 Å². The van der Waals surface area contributed by atoms with Gasteiger partial charge in [-0.05, 0) is 37.6 Å². The predicted molar refractivity (Wildman–Crippen MR) is 120 cm³/mol. The number of aromatic carboxylic acids is 1. The van der Waals surface area contributed by atoms with E-state index in [9.17, 15) is 4.79 Å². The number of carboxylic acid groups (broad SMARTS) is 1. The molecule has 0 amide bonds. The number of ether oxygens (including phenoxy) is 2. The summed E-state index contributed by atoms with van der Waals surface area (Å²) in [5.74, 6) is -0.251. The first-order valence-electron chi connectivity index (χ1n) is 11.7. The van der Waals surface area contributed by atoms with Gasteiger partial charge in [-0.3, -0.25) is 0 Å². The molecular formula is C25H42O4. The Labute approximate surface area is 178 Å². The van der Waals surface area contributed by atoms with Crippen molar-refractivity contribution < 1.29 is 19.4 Å². The highest BCUT2D eigenvalue weighted by Gasteiger charge is 2.04. The molecule has 0 aromatic heterocycles. The summed E-state index contributed by atoms with van der Waals surface area (Å²) in [6.45, 7) is 5.43. The summed E-state index contributed by atoms with van der Waals surface area (Å²) >= 11 is 0. The van der Waals surface area contributed by atoms with Crippen LogP contribution in [0.15, 0.2) is 24.3 Å². The van der Waals surface area contributed by atoms with E-state index in [1.807, 2.05) is 0 Å². The van der Waals surface area contributed by atoms with E-state index < -0.39 is 5.97 Å². The average molecular weight is 407 g/mol. The molecule has 0 aliphatic carbocycles. The largest absolute Gasteiger partial charge is 0.491 e. The summed E-state index contributed by atoms with van der Waals surface area (Å²) in [6.07, 6.45) is 17.8. The third-order valence-electron chi connectivity index (χ3n) is 5.32. The molecule has 0 saturated heterocycles. The van der Waals surface area contributed by atoms with Crippen LogP contribution in [0.4, 0.5) is 0 Å². The van der Waals surface area contributed by atoms with Crippen molar-refractivity contribution in [3.8, 4) is 5.75 Å². The molecule has 4 nitrogen and oxygen atoms in total. The normalized spacial score (nSPS) is 12.1. The van der Waals surface area contributed by atoms with Crippen LogP contribution < -0.4 is 4.74 Å². The molecule has 166 valence electrons. The van der Waals surface area contributed by atoms with Crippen molar-refractivity contribution in [1.29, 1.82) is 0 Å². The topological polar surface area (TPSA) is 55.8 Å². The molecular weight excluding hydrogens is 364 g/mol. The third kappa shape index (κ3) is 14.1. The van der Waals surface area contributed by atoms with Gasteiger partial charge in [0.1, 0.15) is 12.4 Å². The van der Waals surface area contributed by atoms with Crippen molar-refractivity contribution >= 4 is 5.97 Å². The van der Waals surface area contributed by atoms with Crippen molar-refractivity contribution in [2.75, 3.05) is 13.2 Å². The minimum absolute atomic E-state index is 0.260. The monoisotopic (exact) mass is 406 g/mol. The number of unbranched alkanes of at least 4 members (excludes halogenated alkanes) is 11. The molecule has 0 aliphatic rings. The molecule has 0 saturated carbocycles. The van der Waals surface area contributed by atoms with Crippen molar-refractivity contribution in [1.82, 2.24) is 0 Å². The zero-order chi connectivity index (χ0) is 21.2. The van der Waals surface area contributed by atoms with Gasteiger partial charge in [0.05, 0.1) is 18.3 Å². The quantitative estimate of drug-likeness (QED) is 0.246. The fourth-order valence-electron chi connectivity index (χ4n) is 3.46. The molecule has 0 bridgehead atoms. The van der Waals surface area contributed by atoms with Crippen molar-refractivity contribution in [2.45, 2.75) is 103 Å². The highest BCUT2D eigenvalue weighted by Crippen LogP contribution is 2.14. The molecule has 0 radical (unpaired) electrons. The van der Waals surface area contributed by atoms with E-state index in [0.717, 1.165) is 6.42 Å². The summed E-state index contributed by atoms with van der Waals surface area (Å²) in [5.41, 5.74) is 0.268. The lowest BCUT2D eigenvalue weighted by Gasteiger charge is -2.13. The van der Waals surface area contributed by atoms with Gasteiger partial charge in [-0.15, -0.1) is 0 Å². The molecule has 0 aliphatic heterocycles. The maximum absolute atomic E-state index is 10.8. The van der Waals surface area contributed by atoms with Crippen molar-refractivity contribution in [3.05, 3.63) is 29.8 Å². The Morgan fingerprint density at radius 1 is 0.828 bits per heavy atom. The third-order valence-corrected chi connectivity index (χ3v) is 5.32. The molecule has 29 heavy (non-hydrogen) atoms. The highest BCUT2D eigenvalue weighted by atomic mass is 16.5. The van der Waals surface area contributed by atoms with Gasteiger partial charge in [0.25, 0.3) is 0 Å². The van der Waals surface area contributed by atoms with E-state index in [4.69, 9.17) is 14.6 Å². The van der Waals surface area contributed by atoms with Gasteiger partial charge in [0.2, 0.25) is 0 Å². The first kappa shape index (κ1) is 25.5. The summed E-state index contributed by atoms with van der Waals surface area (Å²) in [4.78, 5) is 10.8. The first-order valence-corrected chi connectivity index (χ1v) is 11.7. The lowest BCUT2D eigenvalue weighted by molar-refractivity contribution is 0.0384. The van der Waals surface area contributed by atoms with Gasteiger partial charge in [-0.2, -0.15) is 0 Å². The second kappa shape index (κ2) is 17.3. The molecule has 1 unspecified atom stereocenters. The van der Waals surface area contributed by atoms with Crippen LogP contribution >= 0.6 is 0 Å². The minimum Gasteiger partial charge on any atom is -0.491 e. The van der Waals surface area contributed by atoms with E-state index in [1.54, 1.807) is 24.3 Å².